The van der Waals surface area contributed by atoms with Gasteiger partial charge in [0.25, 0.3) is 5.91 Å². The van der Waals surface area contributed by atoms with E-state index in [0.717, 1.165) is 12.8 Å². The molecule has 0 bridgehead atoms. The lowest BCUT2D eigenvalue weighted by Crippen LogP contribution is -2.36. The molecule has 0 spiro atoms. The summed E-state index contributed by atoms with van der Waals surface area (Å²) in [7, 11) is 0. The van der Waals surface area contributed by atoms with Crippen molar-refractivity contribution in [3.05, 3.63) is 29.6 Å². The molecule has 2 N–H and O–H groups in total. The van der Waals surface area contributed by atoms with Gasteiger partial charge >= 0.3 is 0 Å². The molecule has 0 heterocycles. The maximum absolute atomic E-state index is 13.2. The van der Waals surface area contributed by atoms with Crippen LogP contribution in [0.25, 0.3) is 0 Å². The van der Waals surface area contributed by atoms with Crippen LogP contribution in [0, 0.1) is 5.82 Å². The molecule has 5 heteroatoms. The topological polar surface area (TPSA) is 55.6 Å². The van der Waals surface area contributed by atoms with E-state index in [9.17, 15) is 9.18 Å². The molecule has 1 aromatic carbocycles. The minimum Gasteiger partial charge on any atom is -0.483 e. The molecule has 4 nitrogen and oxygen atoms in total. The van der Waals surface area contributed by atoms with Crippen molar-refractivity contribution in [2.45, 2.75) is 38.8 Å². The van der Waals surface area contributed by atoms with Crippen molar-refractivity contribution < 1.29 is 13.9 Å². The molecule has 1 saturated carbocycles. The Labute approximate surface area is 118 Å². The van der Waals surface area contributed by atoms with Crippen molar-refractivity contribution in [2.24, 2.45) is 5.73 Å². The zero-order valence-electron chi connectivity index (χ0n) is 11.9. The number of hydrogen-bond acceptors (Lipinski definition) is 3. The molecule has 1 aromatic rings. The largest absolute Gasteiger partial charge is 0.483 e. The number of amides is 1. The molecule has 110 valence electrons. The molecular formula is C15H21FN2O2. The molecule has 2 rings (SSSR count). The van der Waals surface area contributed by atoms with Gasteiger partial charge in [0.1, 0.15) is 11.6 Å². The summed E-state index contributed by atoms with van der Waals surface area (Å²) in [6, 6.07) is 4.21. The quantitative estimate of drug-likeness (QED) is 0.869. The molecule has 1 fully saturated rings. The van der Waals surface area contributed by atoms with Crippen molar-refractivity contribution >= 4 is 5.91 Å². The van der Waals surface area contributed by atoms with Crippen LogP contribution < -0.4 is 10.5 Å². The van der Waals surface area contributed by atoms with Gasteiger partial charge in [-0.25, -0.2) is 4.39 Å². The van der Waals surface area contributed by atoms with E-state index in [-0.39, 0.29) is 24.4 Å². The monoisotopic (exact) mass is 280 g/mol. The Balaban J connectivity index is 2.01. The van der Waals surface area contributed by atoms with E-state index < -0.39 is 0 Å². The van der Waals surface area contributed by atoms with Crippen LogP contribution in [-0.4, -0.2) is 30.0 Å². The van der Waals surface area contributed by atoms with Gasteiger partial charge in [0.2, 0.25) is 0 Å². The third-order valence-corrected chi connectivity index (χ3v) is 3.46. The number of carbonyl (C=O) groups excluding carboxylic acids is 1. The number of hydrogen-bond donors (Lipinski definition) is 1. The molecule has 1 aliphatic rings. The predicted molar refractivity (Wildman–Crippen MR) is 74.9 cm³/mol. The molecule has 20 heavy (non-hydrogen) atoms. The standard InChI is InChI=1S/C15H21FN2O2/c1-3-18(12-5-6-12)15(19)9-20-14-7-4-11(16)8-13(14)10(2)17/h4,7-8,10,12H,3,5-6,9,17H2,1-2H3/t10-/m1/s1. The summed E-state index contributed by atoms with van der Waals surface area (Å²) in [6.07, 6.45) is 2.14. The zero-order chi connectivity index (χ0) is 14.7. The first-order valence-corrected chi connectivity index (χ1v) is 7.00. The van der Waals surface area contributed by atoms with Crippen LogP contribution in [0.4, 0.5) is 4.39 Å². The second-order valence-corrected chi connectivity index (χ2v) is 5.17. The SMILES string of the molecule is CCN(C(=O)COc1ccc(F)cc1[C@@H](C)N)C1CC1. The third-order valence-electron chi connectivity index (χ3n) is 3.46. The third kappa shape index (κ3) is 3.48. The molecule has 0 aliphatic heterocycles. The minimum absolute atomic E-state index is 0.0321. The predicted octanol–water partition coefficient (Wildman–Crippen LogP) is 2.24. The number of nitrogens with zero attached hydrogens (tertiary/aromatic N) is 1. The summed E-state index contributed by atoms with van der Waals surface area (Å²) in [4.78, 5) is 13.9. The van der Waals surface area contributed by atoms with E-state index >= 15 is 0 Å². The van der Waals surface area contributed by atoms with Gasteiger partial charge in [-0.05, 0) is 44.9 Å². The normalized spacial score (nSPS) is 15.8. The highest BCUT2D eigenvalue weighted by molar-refractivity contribution is 5.78. The minimum atomic E-state index is -0.357. The Morgan fingerprint density at radius 2 is 2.25 bits per heavy atom. The van der Waals surface area contributed by atoms with Crippen molar-refractivity contribution in [3.63, 3.8) is 0 Å². The summed E-state index contributed by atoms with van der Waals surface area (Å²) in [6.45, 7) is 4.37. The highest BCUT2D eigenvalue weighted by Crippen LogP contribution is 2.27. The van der Waals surface area contributed by atoms with E-state index in [1.807, 2.05) is 11.8 Å². The van der Waals surface area contributed by atoms with E-state index in [1.165, 1.54) is 18.2 Å². The number of likely N-dealkylation sites (N-methyl/N-ethyl adjacent to an activating group) is 1. The average molecular weight is 280 g/mol. The maximum Gasteiger partial charge on any atom is 0.260 e. The molecule has 0 saturated heterocycles. The van der Waals surface area contributed by atoms with Crippen molar-refractivity contribution in [1.29, 1.82) is 0 Å². The van der Waals surface area contributed by atoms with E-state index in [1.54, 1.807) is 6.92 Å². The van der Waals surface area contributed by atoms with Crippen LogP contribution in [0.5, 0.6) is 5.75 Å². The Bertz CT molecular complexity index is 487. The van der Waals surface area contributed by atoms with Gasteiger partial charge in [-0.1, -0.05) is 0 Å². The van der Waals surface area contributed by atoms with Crippen LogP contribution >= 0.6 is 0 Å². The van der Waals surface area contributed by atoms with Crippen LogP contribution in [0.2, 0.25) is 0 Å². The fraction of sp³-hybridized carbons (Fsp3) is 0.533. The zero-order valence-corrected chi connectivity index (χ0v) is 11.9. The van der Waals surface area contributed by atoms with E-state index in [4.69, 9.17) is 10.5 Å². The summed E-state index contributed by atoms with van der Waals surface area (Å²) in [5.74, 6) is 0.0840. The first-order chi connectivity index (χ1) is 9.52. The lowest BCUT2D eigenvalue weighted by Gasteiger charge is -2.21. The maximum atomic E-state index is 13.2. The molecule has 1 aliphatic carbocycles. The summed E-state index contributed by atoms with van der Waals surface area (Å²) < 4.78 is 18.8. The molecule has 0 aromatic heterocycles. The van der Waals surface area contributed by atoms with E-state index in [0.29, 0.717) is 23.9 Å². The van der Waals surface area contributed by atoms with Crippen LogP contribution in [-0.2, 0) is 4.79 Å². The van der Waals surface area contributed by atoms with Crippen LogP contribution in [0.3, 0.4) is 0 Å². The van der Waals surface area contributed by atoms with Gasteiger partial charge in [-0.3, -0.25) is 4.79 Å². The average Bonchev–Trinajstić information content (AvgIpc) is 3.22. The Morgan fingerprint density at radius 1 is 1.55 bits per heavy atom. The summed E-state index contributed by atoms with van der Waals surface area (Å²) in [5, 5.41) is 0. The fourth-order valence-electron chi connectivity index (χ4n) is 2.25. The number of carbonyl (C=O) groups is 1. The highest BCUT2D eigenvalue weighted by Gasteiger charge is 2.31. The van der Waals surface area contributed by atoms with Gasteiger partial charge in [0.05, 0.1) is 0 Å². The smallest absolute Gasteiger partial charge is 0.260 e. The lowest BCUT2D eigenvalue weighted by molar-refractivity contribution is -0.133. The highest BCUT2D eigenvalue weighted by atomic mass is 19.1. The number of benzene rings is 1. The van der Waals surface area contributed by atoms with Crippen LogP contribution in [0.1, 0.15) is 38.3 Å². The molecule has 0 radical (unpaired) electrons. The molecule has 1 amide bonds. The first-order valence-electron chi connectivity index (χ1n) is 7.00. The van der Waals surface area contributed by atoms with Crippen LogP contribution in [0.15, 0.2) is 18.2 Å². The number of halogens is 1. The molecule has 0 unspecified atom stereocenters. The van der Waals surface area contributed by atoms with Gasteiger partial charge in [0, 0.05) is 24.2 Å². The van der Waals surface area contributed by atoms with Gasteiger partial charge in [-0.2, -0.15) is 0 Å². The number of ether oxygens (including phenoxy) is 1. The number of nitrogens with two attached hydrogens (primary N) is 1. The molecule has 1 atom stereocenters. The van der Waals surface area contributed by atoms with Crippen molar-refractivity contribution in [1.82, 2.24) is 4.90 Å². The van der Waals surface area contributed by atoms with E-state index in [2.05, 4.69) is 0 Å². The fourth-order valence-corrected chi connectivity index (χ4v) is 2.25. The lowest BCUT2D eigenvalue weighted by atomic mass is 10.1. The van der Waals surface area contributed by atoms with Crippen molar-refractivity contribution in [2.75, 3.05) is 13.2 Å². The second kappa shape index (κ2) is 6.22. The Kier molecular flexibility index (Phi) is 4.60. The van der Waals surface area contributed by atoms with Gasteiger partial charge < -0.3 is 15.4 Å². The number of rotatable bonds is 6. The summed E-state index contributed by atoms with van der Waals surface area (Å²) in [5.41, 5.74) is 6.37. The van der Waals surface area contributed by atoms with Gasteiger partial charge in [-0.15, -0.1) is 0 Å². The van der Waals surface area contributed by atoms with Crippen molar-refractivity contribution in [3.8, 4) is 5.75 Å². The Hall–Kier alpha value is -1.62. The Morgan fingerprint density at radius 3 is 2.80 bits per heavy atom. The first kappa shape index (κ1) is 14.8. The van der Waals surface area contributed by atoms with Gasteiger partial charge in [0.15, 0.2) is 6.61 Å². The molecular weight excluding hydrogens is 259 g/mol. The second-order valence-electron chi connectivity index (χ2n) is 5.17. The summed E-state index contributed by atoms with van der Waals surface area (Å²) >= 11 is 0.